The Kier molecular flexibility index (Phi) is 4.85. The molecule has 0 aromatic heterocycles. The van der Waals surface area contributed by atoms with Gasteiger partial charge in [0, 0.05) is 6.04 Å². The Balaban J connectivity index is 2.24. The monoisotopic (exact) mass is 275 g/mol. The van der Waals surface area contributed by atoms with Crippen molar-refractivity contribution in [3.63, 3.8) is 0 Å². The van der Waals surface area contributed by atoms with Crippen LogP contribution in [0.2, 0.25) is 0 Å². The SMILES string of the molecule is CCCNC(C)c1ccc(-c2c(F)cccc2F)cc1. The van der Waals surface area contributed by atoms with Gasteiger partial charge in [-0.3, -0.25) is 0 Å². The largest absolute Gasteiger partial charge is 0.310 e. The van der Waals surface area contributed by atoms with E-state index in [1.165, 1.54) is 18.2 Å². The zero-order valence-corrected chi connectivity index (χ0v) is 11.8. The van der Waals surface area contributed by atoms with Crippen LogP contribution in [0.15, 0.2) is 42.5 Å². The van der Waals surface area contributed by atoms with Gasteiger partial charge in [0.25, 0.3) is 0 Å². The van der Waals surface area contributed by atoms with Gasteiger partial charge in [0.05, 0.1) is 5.56 Å². The van der Waals surface area contributed by atoms with E-state index in [1.807, 2.05) is 12.1 Å². The Bertz CT molecular complexity index is 543. The van der Waals surface area contributed by atoms with Gasteiger partial charge in [-0.2, -0.15) is 0 Å². The van der Waals surface area contributed by atoms with E-state index in [-0.39, 0.29) is 11.6 Å². The summed E-state index contributed by atoms with van der Waals surface area (Å²) in [5.74, 6) is -1.06. The molecule has 2 aromatic rings. The number of halogens is 2. The van der Waals surface area contributed by atoms with Crippen molar-refractivity contribution in [2.75, 3.05) is 6.54 Å². The Hall–Kier alpha value is -1.74. The molecule has 0 aliphatic heterocycles. The molecular formula is C17H19F2N. The summed E-state index contributed by atoms with van der Waals surface area (Å²) in [7, 11) is 0. The van der Waals surface area contributed by atoms with E-state index >= 15 is 0 Å². The van der Waals surface area contributed by atoms with Gasteiger partial charge in [-0.15, -0.1) is 0 Å². The van der Waals surface area contributed by atoms with Gasteiger partial charge in [0.1, 0.15) is 11.6 Å². The molecule has 20 heavy (non-hydrogen) atoms. The lowest BCUT2D eigenvalue weighted by molar-refractivity contribution is 0.570. The molecule has 2 aromatic carbocycles. The van der Waals surface area contributed by atoms with Gasteiger partial charge in [-0.1, -0.05) is 37.3 Å². The first-order chi connectivity index (χ1) is 9.63. The molecule has 106 valence electrons. The lowest BCUT2D eigenvalue weighted by Crippen LogP contribution is -2.19. The summed E-state index contributed by atoms with van der Waals surface area (Å²) in [6, 6.07) is 11.5. The first-order valence-corrected chi connectivity index (χ1v) is 6.91. The second-order valence-electron chi connectivity index (χ2n) is 4.89. The molecular weight excluding hydrogens is 256 g/mol. The highest BCUT2D eigenvalue weighted by Crippen LogP contribution is 2.27. The smallest absolute Gasteiger partial charge is 0.133 e. The molecule has 0 amide bonds. The number of benzene rings is 2. The minimum absolute atomic E-state index is 0.0354. The molecule has 0 spiro atoms. The fraction of sp³-hybridized carbons (Fsp3) is 0.294. The molecule has 1 N–H and O–H groups in total. The quantitative estimate of drug-likeness (QED) is 0.834. The van der Waals surface area contributed by atoms with Gasteiger partial charge in [-0.05, 0) is 43.1 Å². The van der Waals surface area contributed by atoms with Crippen molar-refractivity contribution in [3.05, 3.63) is 59.7 Å². The summed E-state index contributed by atoms with van der Waals surface area (Å²) in [6.45, 7) is 5.14. The number of hydrogen-bond donors (Lipinski definition) is 1. The van der Waals surface area contributed by atoms with E-state index in [9.17, 15) is 8.78 Å². The van der Waals surface area contributed by atoms with Gasteiger partial charge in [0.2, 0.25) is 0 Å². The Morgan fingerprint density at radius 1 is 1.00 bits per heavy atom. The van der Waals surface area contributed by atoms with E-state index < -0.39 is 11.6 Å². The Morgan fingerprint density at radius 2 is 1.60 bits per heavy atom. The second-order valence-corrected chi connectivity index (χ2v) is 4.89. The van der Waals surface area contributed by atoms with Gasteiger partial charge in [-0.25, -0.2) is 8.78 Å². The Morgan fingerprint density at radius 3 is 2.15 bits per heavy atom. The van der Waals surface area contributed by atoms with Crippen molar-refractivity contribution in [2.45, 2.75) is 26.3 Å². The summed E-state index contributed by atoms with van der Waals surface area (Å²) >= 11 is 0. The molecule has 0 aliphatic rings. The molecule has 0 saturated carbocycles. The molecule has 3 heteroatoms. The molecule has 0 radical (unpaired) electrons. The molecule has 2 rings (SSSR count). The highest BCUT2D eigenvalue weighted by atomic mass is 19.1. The normalized spacial score (nSPS) is 12.4. The third-order valence-electron chi connectivity index (χ3n) is 3.36. The second kappa shape index (κ2) is 6.62. The van der Waals surface area contributed by atoms with Crippen molar-refractivity contribution in [1.82, 2.24) is 5.32 Å². The van der Waals surface area contributed by atoms with Crippen LogP contribution in [0.1, 0.15) is 31.9 Å². The molecule has 0 bridgehead atoms. The number of rotatable bonds is 5. The van der Waals surface area contributed by atoms with Crippen molar-refractivity contribution >= 4 is 0 Å². The average Bonchev–Trinajstić information content (AvgIpc) is 2.45. The van der Waals surface area contributed by atoms with Crippen LogP contribution in [0.3, 0.4) is 0 Å². The minimum atomic E-state index is -0.532. The third-order valence-corrected chi connectivity index (χ3v) is 3.36. The molecule has 0 aliphatic carbocycles. The number of nitrogens with one attached hydrogen (secondary N) is 1. The Labute approximate surface area is 118 Å². The molecule has 1 atom stereocenters. The van der Waals surface area contributed by atoms with Crippen LogP contribution in [-0.2, 0) is 0 Å². The zero-order valence-electron chi connectivity index (χ0n) is 11.8. The maximum atomic E-state index is 13.7. The lowest BCUT2D eigenvalue weighted by atomic mass is 10.0. The maximum absolute atomic E-state index is 13.7. The van der Waals surface area contributed by atoms with Crippen molar-refractivity contribution < 1.29 is 8.78 Å². The van der Waals surface area contributed by atoms with E-state index in [0.29, 0.717) is 5.56 Å². The van der Waals surface area contributed by atoms with E-state index in [1.54, 1.807) is 12.1 Å². The topological polar surface area (TPSA) is 12.0 Å². The molecule has 1 unspecified atom stereocenters. The summed E-state index contributed by atoms with van der Waals surface area (Å²) in [6.07, 6.45) is 1.07. The highest BCUT2D eigenvalue weighted by Gasteiger charge is 2.11. The third kappa shape index (κ3) is 3.23. The number of hydrogen-bond acceptors (Lipinski definition) is 1. The van der Waals surface area contributed by atoms with Crippen LogP contribution in [0.4, 0.5) is 8.78 Å². The van der Waals surface area contributed by atoms with Crippen LogP contribution in [0, 0.1) is 11.6 Å². The highest BCUT2D eigenvalue weighted by molar-refractivity contribution is 5.65. The summed E-state index contributed by atoms with van der Waals surface area (Å²) in [5.41, 5.74) is 1.71. The van der Waals surface area contributed by atoms with Crippen LogP contribution >= 0.6 is 0 Å². The lowest BCUT2D eigenvalue weighted by Gasteiger charge is -2.14. The van der Waals surface area contributed by atoms with Crippen molar-refractivity contribution in [3.8, 4) is 11.1 Å². The standard InChI is InChI=1S/C17H19F2N/c1-3-11-20-12(2)13-7-9-14(10-8-13)17-15(18)5-4-6-16(17)19/h4-10,12,20H,3,11H2,1-2H3. The first-order valence-electron chi connectivity index (χ1n) is 6.91. The first kappa shape index (κ1) is 14.7. The fourth-order valence-corrected chi connectivity index (χ4v) is 2.19. The molecule has 0 heterocycles. The van der Waals surface area contributed by atoms with Crippen LogP contribution < -0.4 is 5.32 Å². The maximum Gasteiger partial charge on any atom is 0.133 e. The van der Waals surface area contributed by atoms with E-state index in [0.717, 1.165) is 18.5 Å². The summed E-state index contributed by atoms with van der Waals surface area (Å²) in [5, 5.41) is 3.38. The van der Waals surface area contributed by atoms with Crippen LogP contribution in [0.25, 0.3) is 11.1 Å². The van der Waals surface area contributed by atoms with Crippen LogP contribution in [0.5, 0.6) is 0 Å². The zero-order chi connectivity index (χ0) is 14.5. The predicted molar refractivity (Wildman–Crippen MR) is 78.5 cm³/mol. The van der Waals surface area contributed by atoms with Crippen LogP contribution in [-0.4, -0.2) is 6.54 Å². The fourth-order valence-electron chi connectivity index (χ4n) is 2.19. The average molecular weight is 275 g/mol. The van der Waals surface area contributed by atoms with Gasteiger partial charge < -0.3 is 5.32 Å². The summed E-state index contributed by atoms with van der Waals surface area (Å²) < 4.78 is 27.4. The molecule has 1 nitrogen and oxygen atoms in total. The van der Waals surface area contributed by atoms with Gasteiger partial charge in [0.15, 0.2) is 0 Å². The van der Waals surface area contributed by atoms with Crippen molar-refractivity contribution in [2.24, 2.45) is 0 Å². The molecule has 0 fully saturated rings. The summed E-state index contributed by atoms with van der Waals surface area (Å²) in [4.78, 5) is 0. The predicted octanol–water partition coefficient (Wildman–Crippen LogP) is 4.69. The minimum Gasteiger partial charge on any atom is -0.310 e. The van der Waals surface area contributed by atoms with E-state index in [4.69, 9.17) is 0 Å². The van der Waals surface area contributed by atoms with Crippen molar-refractivity contribution in [1.29, 1.82) is 0 Å². The van der Waals surface area contributed by atoms with E-state index in [2.05, 4.69) is 19.2 Å². The van der Waals surface area contributed by atoms with Gasteiger partial charge >= 0.3 is 0 Å². The molecule has 0 saturated heterocycles.